The van der Waals surface area contributed by atoms with Gasteiger partial charge in [-0.3, -0.25) is 4.72 Å². The first-order chi connectivity index (χ1) is 13.8. The molecule has 2 aromatic carbocycles. The maximum atomic E-state index is 12.9. The second-order valence-corrected chi connectivity index (χ2v) is 8.83. The Morgan fingerprint density at radius 3 is 2.69 bits per heavy atom. The van der Waals surface area contributed by atoms with Crippen LogP contribution in [0.25, 0.3) is 0 Å². The van der Waals surface area contributed by atoms with Crippen LogP contribution in [-0.4, -0.2) is 35.7 Å². The molecule has 1 aromatic heterocycles. The minimum absolute atomic E-state index is 0.0504. The Hall–Kier alpha value is -2.98. The van der Waals surface area contributed by atoms with Crippen LogP contribution in [0.5, 0.6) is 5.75 Å². The third-order valence-corrected chi connectivity index (χ3v) is 6.43. The van der Waals surface area contributed by atoms with Crippen molar-refractivity contribution in [2.45, 2.75) is 21.9 Å². The number of carboxylic acid groups (broad SMARTS) is 1. The van der Waals surface area contributed by atoms with Crippen LogP contribution in [-0.2, 0) is 21.9 Å². The highest BCUT2D eigenvalue weighted by Gasteiger charge is 2.18. The fourth-order valence-corrected chi connectivity index (χ4v) is 4.60. The standard InChI is InChI=1S/C19H19N3O5S2/c1-13-11-14(7-8-16(13)27-12-18(23)24)29(25,26)21-15-5-3-4-6-17(15)28-19-20-9-10-22(19)2/h3-11,21H,12H2,1-2H3,(H,23,24). The molecule has 2 N–H and O–H groups in total. The van der Waals surface area contributed by atoms with Crippen molar-refractivity contribution in [1.82, 2.24) is 9.55 Å². The van der Waals surface area contributed by atoms with Gasteiger partial charge in [0, 0.05) is 24.3 Å². The van der Waals surface area contributed by atoms with Crippen molar-refractivity contribution >= 4 is 33.4 Å². The summed E-state index contributed by atoms with van der Waals surface area (Å²) in [5, 5.41) is 9.44. The summed E-state index contributed by atoms with van der Waals surface area (Å²) in [6.07, 6.45) is 3.48. The molecule has 8 nitrogen and oxygen atoms in total. The number of hydrogen-bond donors (Lipinski definition) is 2. The van der Waals surface area contributed by atoms with E-state index < -0.39 is 22.6 Å². The summed E-state index contributed by atoms with van der Waals surface area (Å²) < 4.78 is 35.4. The second kappa shape index (κ2) is 8.58. The summed E-state index contributed by atoms with van der Waals surface area (Å²) in [6.45, 7) is 1.16. The van der Waals surface area contributed by atoms with Crippen LogP contribution in [0.4, 0.5) is 5.69 Å². The summed E-state index contributed by atoms with van der Waals surface area (Å²) >= 11 is 1.35. The van der Waals surface area contributed by atoms with Gasteiger partial charge in [-0.15, -0.1) is 0 Å². The number of nitrogens with one attached hydrogen (secondary N) is 1. The number of carboxylic acids is 1. The molecular formula is C19H19N3O5S2. The lowest BCUT2D eigenvalue weighted by molar-refractivity contribution is -0.139. The average Bonchev–Trinajstić information content (AvgIpc) is 3.06. The fourth-order valence-electron chi connectivity index (χ4n) is 2.48. The number of imidazole rings is 1. The van der Waals surface area contributed by atoms with Gasteiger partial charge >= 0.3 is 5.97 Å². The van der Waals surface area contributed by atoms with Crippen LogP contribution < -0.4 is 9.46 Å². The van der Waals surface area contributed by atoms with E-state index in [1.807, 2.05) is 29.9 Å². The highest BCUT2D eigenvalue weighted by Crippen LogP contribution is 2.33. The van der Waals surface area contributed by atoms with Crippen molar-refractivity contribution in [2.75, 3.05) is 11.3 Å². The van der Waals surface area contributed by atoms with Gasteiger partial charge in [-0.05, 0) is 54.6 Å². The molecule has 0 fully saturated rings. The maximum Gasteiger partial charge on any atom is 0.341 e. The molecule has 0 amide bonds. The first-order valence-electron chi connectivity index (χ1n) is 8.48. The van der Waals surface area contributed by atoms with Crippen LogP contribution in [0, 0.1) is 6.92 Å². The Bertz CT molecular complexity index is 1140. The van der Waals surface area contributed by atoms with E-state index in [2.05, 4.69) is 9.71 Å². The largest absolute Gasteiger partial charge is 0.482 e. The highest BCUT2D eigenvalue weighted by molar-refractivity contribution is 7.99. The monoisotopic (exact) mass is 433 g/mol. The van der Waals surface area contributed by atoms with Crippen molar-refractivity contribution in [3.63, 3.8) is 0 Å². The minimum Gasteiger partial charge on any atom is -0.482 e. The molecule has 0 unspecified atom stereocenters. The topological polar surface area (TPSA) is 111 Å². The molecule has 3 aromatic rings. The van der Waals surface area contributed by atoms with Gasteiger partial charge < -0.3 is 14.4 Å². The van der Waals surface area contributed by atoms with Crippen LogP contribution in [0.1, 0.15) is 5.56 Å². The van der Waals surface area contributed by atoms with Crippen molar-refractivity contribution in [2.24, 2.45) is 7.05 Å². The molecule has 0 aliphatic carbocycles. The third kappa shape index (κ3) is 5.09. The molecule has 1 heterocycles. The van der Waals surface area contributed by atoms with Crippen molar-refractivity contribution in [1.29, 1.82) is 0 Å². The summed E-state index contributed by atoms with van der Waals surface area (Å²) in [6, 6.07) is 11.3. The van der Waals surface area contributed by atoms with E-state index in [1.165, 1.54) is 30.0 Å². The number of benzene rings is 2. The molecule has 0 aliphatic heterocycles. The number of carbonyl (C=O) groups is 1. The molecule has 3 rings (SSSR count). The number of para-hydroxylation sites is 1. The Morgan fingerprint density at radius 1 is 1.28 bits per heavy atom. The number of ether oxygens (including phenoxy) is 1. The van der Waals surface area contributed by atoms with Crippen LogP contribution >= 0.6 is 11.8 Å². The van der Waals surface area contributed by atoms with Gasteiger partial charge in [-0.1, -0.05) is 12.1 Å². The minimum atomic E-state index is -3.86. The molecule has 29 heavy (non-hydrogen) atoms. The Kier molecular flexibility index (Phi) is 6.14. The van der Waals surface area contributed by atoms with Gasteiger partial charge in [0.2, 0.25) is 0 Å². The Morgan fingerprint density at radius 2 is 2.03 bits per heavy atom. The normalized spacial score (nSPS) is 11.2. The number of anilines is 1. The van der Waals surface area contributed by atoms with Crippen molar-refractivity contribution in [3.05, 3.63) is 60.4 Å². The zero-order chi connectivity index (χ0) is 21.0. The van der Waals surface area contributed by atoms with Crippen LogP contribution in [0.3, 0.4) is 0 Å². The second-order valence-electron chi connectivity index (χ2n) is 6.13. The van der Waals surface area contributed by atoms with Crippen molar-refractivity contribution < 1.29 is 23.1 Å². The van der Waals surface area contributed by atoms with E-state index in [0.717, 1.165) is 5.16 Å². The number of aromatic nitrogens is 2. The van der Waals surface area contributed by atoms with Crippen molar-refractivity contribution in [3.8, 4) is 5.75 Å². The molecule has 0 saturated heterocycles. The summed E-state index contributed by atoms with van der Waals surface area (Å²) in [4.78, 5) is 15.7. The van der Waals surface area contributed by atoms with E-state index in [0.29, 0.717) is 21.9 Å². The van der Waals surface area contributed by atoms with Gasteiger partial charge in [-0.25, -0.2) is 18.2 Å². The van der Waals surface area contributed by atoms with E-state index in [1.54, 1.807) is 25.3 Å². The van der Waals surface area contributed by atoms with Gasteiger partial charge in [-0.2, -0.15) is 0 Å². The number of rotatable bonds is 8. The van der Waals surface area contributed by atoms with Gasteiger partial charge in [0.05, 0.1) is 10.6 Å². The highest BCUT2D eigenvalue weighted by atomic mass is 32.2. The van der Waals surface area contributed by atoms with Crippen LogP contribution in [0.2, 0.25) is 0 Å². The smallest absolute Gasteiger partial charge is 0.341 e. The maximum absolute atomic E-state index is 12.9. The van der Waals surface area contributed by atoms with E-state index in [9.17, 15) is 13.2 Å². The molecule has 0 radical (unpaired) electrons. The van der Waals surface area contributed by atoms with E-state index in [-0.39, 0.29) is 4.90 Å². The predicted octanol–water partition coefficient (Wildman–Crippen LogP) is 3.14. The molecule has 0 atom stereocenters. The summed E-state index contributed by atoms with van der Waals surface area (Å²) in [7, 11) is -2.00. The van der Waals surface area contributed by atoms with Crippen LogP contribution in [0.15, 0.2) is 69.8 Å². The lowest BCUT2D eigenvalue weighted by Gasteiger charge is -2.13. The molecule has 0 bridgehead atoms. The zero-order valence-corrected chi connectivity index (χ0v) is 17.3. The first kappa shape index (κ1) is 20.7. The molecule has 152 valence electrons. The Labute approximate surface area is 172 Å². The fraction of sp³-hybridized carbons (Fsp3) is 0.158. The number of sulfonamides is 1. The predicted molar refractivity (Wildman–Crippen MR) is 109 cm³/mol. The van der Waals surface area contributed by atoms with E-state index >= 15 is 0 Å². The van der Waals surface area contributed by atoms with Gasteiger partial charge in [0.25, 0.3) is 10.0 Å². The lowest BCUT2D eigenvalue weighted by atomic mass is 10.2. The molecular weight excluding hydrogens is 414 g/mol. The average molecular weight is 434 g/mol. The first-order valence-corrected chi connectivity index (χ1v) is 10.8. The van der Waals surface area contributed by atoms with Gasteiger partial charge in [0.1, 0.15) is 5.75 Å². The molecule has 10 heteroatoms. The number of hydrogen-bond acceptors (Lipinski definition) is 6. The Balaban J connectivity index is 1.84. The number of aliphatic carboxylic acids is 1. The third-order valence-electron chi connectivity index (χ3n) is 3.92. The number of nitrogens with zero attached hydrogens (tertiary/aromatic N) is 2. The quantitative estimate of drug-likeness (QED) is 0.561. The zero-order valence-electron chi connectivity index (χ0n) is 15.7. The molecule has 0 spiro atoms. The molecule has 0 aliphatic rings. The van der Waals surface area contributed by atoms with E-state index in [4.69, 9.17) is 9.84 Å². The lowest BCUT2D eigenvalue weighted by Crippen LogP contribution is -2.14. The SMILES string of the molecule is Cc1cc(S(=O)(=O)Nc2ccccc2Sc2nccn2C)ccc1OCC(=O)O. The molecule has 0 saturated carbocycles. The summed E-state index contributed by atoms with van der Waals surface area (Å²) in [5.74, 6) is -0.790. The number of aryl methyl sites for hydroxylation is 2. The summed E-state index contributed by atoms with van der Waals surface area (Å²) in [5.41, 5.74) is 0.953. The van der Waals surface area contributed by atoms with Gasteiger partial charge in [0.15, 0.2) is 11.8 Å².